The molecule has 0 unspecified atom stereocenters. The van der Waals surface area contributed by atoms with Crippen LogP contribution in [0.2, 0.25) is 0 Å². The van der Waals surface area contributed by atoms with Gasteiger partial charge in [-0.05, 0) is 5.57 Å². The molecule has 11 N–H and O–H groups in total. The smallest absolute Gasteiger partial charge is 0.693 e. The second kappa shape index (κ2) is 24.7. The Morgan fingerprint density at radius 3 is 1.75 bits per heavy atom. The molecular formula is C12H27Cd3N4O5-. The van der Waals surface area contributed by atoms with Gasteiger partial charge >= 0.3 is 27.3 Å². The minimum absolute atomic E-state index is 0. The van der Waals surface area contributed by atoms with Crippen molar-refractivity contribution in [1.82, 2.24) is 0 Å². The van der Waals surface area contributed by atoms with Crippen molar-refractivity contribution in [3.63, 3.8) is 0 Å². The monoisotopic (exact) mass is 649 g/mol. The Balaban J connectivity index is -0.0000000540. The molecule has 12 heteroatoms. The van der Waals surface area contributed by atoms with Crippen molar-refractivity contribution in [1.29, 1.82) is 0 Å². The third kappa shape index (κ3) is 18.5. The Hall–Kier alpha value is 1.73. The van der Waals surface area contributed by atoms with Crippen molar-refractivity contribution in [3.8, 4) is 0 Å². The first-order valence-corrected chi connectivity index (χ1v) is 6.00. The number of aliphatic hydroxyl groups is 4. The first-order valence-electron chi connectivity index (χ1n) is 6.00. The van der Waals surface area contributed by atoms with Gasteiger partial charge in [-0.2, -0.15) is 6.20 Å². The van der Waals surface area contributed by atoms with Gasteiger partial charge in [-0.1, -0.05) is 25.0 Å². The zero-order valence-corrected chi connectivity index (χ0v) is 26.1. The Morgan fingerprint density at radius 1 is 1.00 bits per heavy atom. The maximum atomic E-state index is 8.69. The third-order valence-corrected chi connectivity index (χ3v) is 2.84. The van der Waals surface area contributed by atoms with Crippen LogP contribution in [0.15, 0.2) is 23.9 Å². The van der Waals surface area contributed by atoms with E-state index < -0.39 is 12.6 Å². The summed E-state index contributed by atoms with van der Waals surface area (Å²) in [5.74, 6) is 0.0718. The second-order valence-corrected chi connectivity index (χ2v) is 4.18. The predicted octanol–water partition coefficient (Wildman–Crippen LogP) is 0.710. The molecule has 0 aliphatic carbocycles. The summed E-state index contributed by atoms with van der Waals surface area (Å²) in [6, 6.07) is 0. The van der Waals surface area contributed by atoms with Gasteiger partial charge in [0.15, 0.2) is 12.6 Å². The van der Waals surface area contributed by atoms with E-state index in [0.29, 0.717) is 12.1 Å². The molecule has 0 spiro atoms. The van der Waals surface area contributed by atoms with Crippen molar-refractivity contribution < 1.29 is 108 Å². The second-order valence-electron chi connectivity index (χ2n) is 4.18. The minimum atomic E-state index is -1.35. The summed E-state index contributed by atoms with van der Waals surface area (Å²) in [7, 11) is 0. The number of piperidine rings is 1. The summed E-state index contributed by atoms with van der Waals surface area (Å²) in [6.45, 7) is 2.13. The van der Waals surface area contributed by atoms with Crippen LogP contribution >= 0.6 is 0 Å². The minimum Gasteiger partial charge on any atom is -0.693 e. The molecule has 1 fully saturated rings. The summed E-state index contributed by atoms with van der Waals surface area (Å²) in [4.78, 5) is 0. The van der Waals surface area contributed by atoms with Crippen LogP contribution in [0.4, 0.5) is 0 Å². The van der Waals surface area contributed by atoms with Crippen LogP contribution < -0.4 is 0 Å². The molecule has 2 aliphatic rings. The average Bonchev–Trinajstić information content (AvgIpc) is 2.41. The van der Waals surface area contributed by atoms with Crippen molar-refractivity contribution in [2.24, 2.45) is 5.92 Å². The maximum Gasteiger partial charge on any atom is 2.00 e. The van der Waals surface area contributed by atoms with Gasteiger partial charge in [0.1, 0.15) is 0 Å². The molecule has 9 nitrogen and oxygen atoms in total. The molecule has 0 aromatic rings. The maximum absolute atomic E-state index is 8.69. The number of hydrogen-bond acceptors (Lipinski definition) is 4. The largest absolute Gasteiger partial charge is 2.00 e. The van der Waals surface area contributed by atoms with Gasteiger partial charge in [-0.25, -0.2) is 0 Å². The standard InChI is InChI=1S/C6H12NO2.C6H8NO2.3Cd.2H2N.H2O/c2*8-6(9)5-1-3-7-4-2-5;;;;;;/h5-6,8-9H,1-4H2;1-3,6,8-9H,4H2;;;;3*1H2/q2*-1;;;+2;2*-1;/p+1. The molecule has 0 amide bonds. The van der Waals surface area contributed by atoms with Crippen molar-refractivity contribution >= 4 is 0 Å². The summed E-state index contributed by atoms with van der Waals surface area (Å²) in [5, 5.41) is 42.4. The topological polar surface area (TPSA) is 209 Å². The molecule has 1 saturated heterocycles. The number of nitrogens with zero attached hydrogens (tertiary/aromatic N) is 2. The van der Waals surface area contributed by atoms with E-state index in [1.807, 2.05) is 0 Å². The van der Waals surface area contributed by atoms with E-state index in [1.54, 1.807) is 18.4 Å². The van der Waals surface area contributed by atoms with Crippen molar-refractivity contribution in [3.05, 3.63) is 46.9 Å². The first kappa shape index (κ1) is 40.4. The van der Waals surface area contributed by atoms with Gasteiger partial charge in [0.05, 0.1) is 0 Å². The van der Waals surface area contributed by atoms with Crippen LogP contribution in [0, 0.1) is 5.92 Å². The molecular weight excluding hydrogens is 617 g/mol. The van der Waals surface area contributed by atoms with Crippen LogP contribution in [0.3, 0.4) is 0 Å². The van der Waals surface area contributed by atoms with Crippen LogP contribution in [0.5, 0.6) is 0 Å². The molecule has 2 rings (SSSR count). The summed E-state index contributed by atoms with van der Waals surface area (Å²) in [5.41, 5.74) is 0.519. The van der Waals surface area contributed by atoms with Gasteiger partial charge in [0.25, 0.3) is 0 Å². The van der Waals surface area contributed by atoms with E-state index in [2.05, 4.69) is 10.6 Å². The number of nitrogens with two attached hydrogens (primary N) is 2. The molecule has 2 aliphatic heterocycles. The summed E-state index contributed by atoms with van der Waals surface area (Å²) >= 11 is 0. The molecule has 132 valence electrons. The van der Waals surface area contributed by atoms with Crippen molar-refractivity contribution in [2.75, 3.05) is 19.6 Å². The van der Waals surface area contributed by atoms with Gasteiger partial charge in [-0.3, -0.25) is 0 Å². The van der Waals surface area contributed by atoms with E-state index in [1.165, 1.54) is 0 Å². The Kier molecular flexibility index (Phi) is 41.6. The molecule has 0 bridgehead atoms. The van der Waals surface area contributed by atoms with Gasteiger partial charge in [0.2, 0.25) is 0 Å². The SMILES string of the molecule is OC(O)C1=CC[N-]C=C1.OC(O)C1CC[N-]CC1.[Cd+2].[Cd].[Cd].[NH2-].[NH2-].[OH3+]. The Morgan fingerprint density at radius 2 is 1.50 bits per heavy atom. The van der Waals surface area contributed by atoms with E-state index in [9.17, 15) is 0 Å². The first-order chi connectivity index (χ1) is 8.61. The average molecular weight is 645 g/mol. The number of rotatable bonds is 2. The molecule has 24 heavy (non-hydrogen) atoms. The van der Waals surface area contributed by atoms with Crippen molar-refractivity contribution in [2.45, 2.75) is 25.4 Å². The third-order valence-electron chi connectivity index (χ3n) is 2.84. The van der Waals surface area contributed by atoms with Crippen LogP contribution in [0.1, 0.15) is 12.8 Å². The fourth-order valence-corrected chi connectivity index (χ4v) is 1.69. The summed E-state index contributed by atoms with van der Waals surface area (Å²) in [6.07, 6.45) is 4.00. The van der Waals surface area contributed by atoms with E-state index >= 15 is 0 Å². The predicted molar refractivity (Wildman–Crippen MR) is 83.2 cm³/mol. The zero-order chi connectivity index (χ0) is 13.4. The fraction of sp³-hybridized carbons (Fsp3) is 0.667. The Labute approximate surface area is 203 Å². The molecule has 0 radical (unpaired) electrons. The number of aliphatic hydroxyl groups excluding tert-OH is 2. The van der Waals surface area contributed by atoms with E-state index in [-0.39, 0.29) is 106 Å². The van der Waals surface area contributed by atoms with E-state index in [0.717, 1.165) is 25.9 Å². The molecule has 0 saturated carbocycles. The van der Waals surface area contributed by atoms with Gasteiger partial charge in [-0.15, -0.1) is 19.6 Å². The van der Waals surface area contributed by atoms with Crippen LogP contribution in [-0.4, -0.2) is 52.6 Å². The quantitative estimate of drug-likeness (QED) is 0.194. The van der Waals surface area contributed by atoms with Gasteiger partial charge < -0.3 is 48.8 Å². The number of hydrogen-bond donors (Lipinski definition) is 4. The molecule has 0 atom stereocenters. The van der Waals surface area contributed by atoms with Crippen LogP contribution in [-0.2, 0) is 87.4 Å². The molecule has 0 aromatic carbocycles. The summed E-state index contributed by atoms with van der Waals surface area (Å²) < 4.78 is 0. The Bertz CT molecular complexity index is 304. The zero-order valence-electron chi connectivity index (χ0n) is 14.0. The molecule has 0 aromatic heterocycles. The van der Waals surface area contributed by atoms with Crippen LogP contribution in [0.25, 0.3) is 22.9 Å². The van der Waals surface area contributed by atoms with Gasteiger partial charge in [0, 0.05) is 60.5 Å². The molecule has 2 heterocycles. The van der Waals surface area contributed by atoms with E-state index in [4.69, 9.17) is 20.4 Å². The normalized spacial score (nSPS) is 15.2. The fourth-order valence-electron chi connectivity index (χ4n) is 1.69.